The van der Waals surface area contributed by atoms with Gasteiger partial charge in [-0.1, -0.05) is 6.92 Å². The molecule has 0 spiro atoms. The fourth-order valence-corrected chi connectivity index (χ4v) is 1.84. The number of ether oxygens (including phenoxy) is 1. The summed E-state index contributed by atoms with van der Waals surface area (Å²) in [5.74, 6) is 0. The number of nitrogens with one attached hydrogen (secondary N) is 1. The van der Waals surface area contributed by atoms with Gasteiger partial charge in [0.1, 0.15) is 0 Å². The van der Waals surface area contributed by atoms with Crippen LogP contribution in [0.3, 0.4) is 0 Å². The molecule has 0 rings (SSSR count). The minimum Gasteiger partial charge on any atom is -0.396 e. The molecule has 2 unspecified atom stereocenters. The summed E-state index contributed by atoms with van der Waals surface area (Å²) in [6.07, 6.45) is 2.86. The van der Waals surface area contributed by atoms with Gasteiger partial charge in [0, 0.05) is 25.8 Å². The van der Waals surface area contributed by atoms with Crippen molar-refractivity contribution in [2.75, 3.05) is 13.7 Å². The minimum absolute atomic E-state index is 0.0794. The van der Waals surface area contributed by atoms with E-state index in [1.54, 1.807) is 7.11 Å². The summed E-state index contributed by atoms with van der Waals surface area (Å²) >= 11 is 0. The average molecular weight is 217 g/mol. The quantitative estimate of drug-likeness (QED) is 0.653. The molecule has 92 valence electrons. The third-order valence-electron chi connectivity index (χ3n) is 2.84. The van der Waals surface area contributed by atoms with Gasteiger partial charge in [0.2, 0.25) is 0 Å². The van der Waals surface area contributed by atoms with Crippen LogP contribution in [0, 0.1) is 0 Å². The van der Waals surface area contributed by atoms with Crippen LogP contribution in [-0.4, -0.2) is 36.5 Å². The van der Waals surface area contributed by atoms with Gasteiger partial charge in [-0.05, 0) is 40.0 Å². The Labute approximate surface area is 94.2 Å². The molecule has 2 N–H and O–H groups in total. The summed E-state index contributed by atoms with van der Waals surface area (Å²) in [6, 6.07) is 0.828. The van der Waals surface area contributed by atoms with Gasteiger partial charge in [-0.15, -0.1) is 0 Å². The maximum atomic E-state index is 8.89. The number of methoxy groups -OCH3 is 1. The first-order valence-electron chi connectivity index (χ1n) is 5.87. The number of rotatable bonds is 8. The molecule has 0 amide bonds. The molecule has 0 aliphatic carbocycles. The van der Waals surface area contributed by atoms with Crippen molar-refractivity contribution in [3.05, 3.63) is 0 Å². The third-order valence-corrected chi connectivity index (χ3v) is 2.84. The van der Waals surface area contributed by atoms with E-state index in [2.05, 4.69) is 33.0 Å². The highest BCUT2D eigenvalue weighted by Crippen LogP contribution is 2.16. The molecule has 0 radical (unpaired) electrons. The summed E-state index contributed by atoms with van der Waals surface area (Å²) in [5.41, 5.74) is -0.0794. The zero-order valence-electron chi connectivity index (χ0n) is 10.8. The molecule has 0 fully saturated rings. The van der Waals surface area contributed by atoms with Crippen molar-refractivity contribution in [1.82, 2.24) is 5.32 Å². The van der Waals surface area contributed by atoms with E-state index < -0.39 is 0 Å². The standard InChI is InChI=1S/C12H27NO2/c1-6-11(7-8-14)13-10(2)9-12(3,4)15-5/h10-11,13-14H,6-9H2,1-5H3. The molecule has 3 heteroatoms. The molecule has 0 aliphatic rings. The molecule has 15 heavy (non-hydrogen) atoms. The largest absolute Gasteiger partial charge is 0.396 e. The summed E-state index contributed by atoms with van der Waals surface area (Å²) in [4.78, 5) is 0. The average Bonchev–Trinajstić information content (AvgIpc) is 2.16. The van der Waals surface area contributed by atoms with Gasteiger partial charge in [-0.25, -0.2) is 0 Å². The zero-order valence-corrected chi connectivity index (χ0v) is 10.8. The van der Waals surface area contributed by atoms with Crippen LogP contribution in [0.2, 0.25) is 0 Å². The van der Waals surface area contributed by atoms with Gasteiger partial charge in [0.15, 0.2) is 0 Å². The van der Waals surface area contributed by atoms with Crippen LogP contribution in [0.25, 0.3) is 0 Å². The van der Waals surface area contributed by atoms with Crippen molar-refractivity contribution in [2.24, 2.45) is 0 Å². The van der Waals surface area contributed by atoms with Gasteiger partial charge < -0.3 is 15.2 Å². The van der Waals surface area contributed by atoms with Crippen molar-refractivity contribution in [2.45, 2.75) is 64.6 Å². The van der Waals surface area contributed by atoms with E-state index in [4.69, 9.17) is 9.84 Å². The smallest absolute Gasteiger partial charge is 0.0637 e. The van der Waals surface area contributed by atoms with Crippen molar-refractivity contribution in [3.63, 3.8) is 0 Å². The lowest BCUT2D eigenvalue weighted by atomic mass is 9.98. The Bertz CT molecular complexity index is 160. The van der Waals surface area contributed by atoms with E-state index in [9.17, 15) is 0 Å². The second kappa shape index (κ2) is 7.20. The Morgan fingerprint density at radius 1 is 1.40 bits per heavy atom. The lowest BCUT2D eigenvalue weighted by Gasteiger charge is -2.29. The fourth-order valence-electron chi connectivity index (χ4n) is 1.84. The highest BCUT2D eigenvalue weighted by Gasteiger charge is 2.21. The molecule has 0 aromatic heterocycles. The van der Waals surface area contributed by atoms with Crippen LogP contribution in [0.5, 0.6) is 0 Å². The van der Waals surface area contributed by atoms with Gasteiger partial charge in [-0.3, -0.25) is 0 Å². The van der Waals surface area contributed by atoms with Crippen LogP contribution < -0.4 is 5.32 Å². The molecule has 0 saturated heterocycles. The second-order valence-electron chi connectivity index (χ2n) is 4.85. The summed E-state index contributed by atoms with van der Waals surface area (Å²) in [7, 11) is 1.75. The molecule has 0 bridgehead atoms. The molecule has 0 aromatic rings. The Morgan fingerprint density at radius 3 is 2.40 bits per heavy atom. The molecular weight excluding hydrogens is 190 g/mol. The Balaban J connectivity index is 3.94. The van der Waals surface area contributed by atoms with E-state index in [0.717, 1.165) is 19.3 Å². The van der Waals surface area contributed by atoms with Crippen LogP contribution in [0.1, 0.15) is 47.0 Å². The Hall–Kier alpha value is -0.120. The molecular formula is C12H27NO2. The molecule has 2 atom stereocenters. The number of hydrogen-bond acceptors (Lipinski definition) is 3. The summed E-state index contributed by atoms with van der Waals surface area (Å²) in [6.45, 7) is 8.75. The van der Waals surface area contributed by atoms with Crippen LogP contribution in [0.4, 0.5) is 0 Å². The second-order valence-corrected chi connectivity index (χ2v) is 4.85. The fraction of sp³-hybridized carbons (Fsp3) is 1.00. The van der Waals surface area contributed by atoms with E-state index in [0.29, 0.717) is 12.1 Å². The van der Waals surface area contributed by atoms with Gasteiger partial charge >= 0.3 is 0 Å². The lowest BCUT2D eigenvalue weighted by molar-refractivity contribution is 0.00742. The number of aliphatic hydroxyl groups excluding tert-OH is 1. The maximum absolute atomic E-state index is 8.89. The lowest BCUT2D eigenvalue weighted by Crippen LogP contribution is -2.41. The van der Waals surface area contributed by atoms with Crippen LogP contribution in [-0.2, 0) is 4.74 Å². The number of aliphatic hydroxyl groups is 1. The summed E-state index contributed by atoms with van der Waals surface area (Å²) in [5, 5.41) is 12.4. The highest BCUT2D eigenvalue weighted by atomic mass is 16.5. The van der Waals surface area contributed by atoms with Crippen LogP contribution >= 0.6 is 0 Å². The van der Waals surface area contributed by atoms with Crippen molar-refractivity contribution in [1.29, 1.82) is 0 Å². The normalized spacial score (nSPS) is 16.4. The minimum atomic E-state index is -0.0794. The molecule has 0 aliphatic heterocycles. The molecule has 0 saturated carbocycles. The van der Waals surface area contributed by atoms with E-state index in [1.807, 2.05) is 0 Å². The predicted octanol–water partition coefficient (Wildman–Crippen LogP) is 1.94. The third kappa shape index (κ3) is 6.88. The van der Waals surface area contributed by atoms with Crippen molar-refractivity contribution >= 4 is 0 Å². The Morgan fingerprint density at radius 2 is 2.00 bits per heavy atom. The first kappa shape index (κ1) is 14.9. The van der Waals surface area contributed by atoms with Gasteiger partial charge in [0.05, 0.1) is 5.60 Å². The number of hydrogen-bond donors (Lipinski definition) is 2. The van der Waals surface area contributed by atoms with E-state index >= 15 is 0 Å². The molecule has 0 heterocycles. The monoisotopic (exact) mass is 217 g/mol. The van der Waals surface area contributed by atoms with Crippen molar-refractivity contribution in [3.8, 4) is 0 Å². The highest BCUT2D eigenvalue weighted by molar-refractivity contribution is 4.78. The SMILES string of the molecule is CCC(CCO)NC(C)CC(C)(C)OC. The van der Waals surface area contributed by atoms with Gasteiger partial charge in [-0.2, -0.15) is 0 Å². The van der Waals surface area contributed by atoms with Crippen LogP contribution in [0.15, 0.2) is 0 Å². The topological polar surface area (TPSA) is 41.5 Å². The first-order valence-corrected chi connectivity index (χ1v) is 5.87. The predicted molar refractivity (Wildman–Crippen MR) is 64.1 cm³/mol. The summed E-state index contributed by atoms with van der Waals surface area (Å²) < 4.78 is 5.39. The van der Waals surface area contributed by atoms with Crippen molar-refractivity contribution < 1.29 is 9.84 Å². The van der Waals surface area contributed by atoms with E-state index in [-0.39, 0.29) is 12.2 Å². The molecule has 3 nitrogen and oxygen atoms in total. The maximum Gasteiger partial charge on any atom is 0.0637 e. The zero-order chi connectivity index (χ0) is 11.9. The van der Waals surface area contributed by atoms with Gasteiger partial charge in [0.25, 0.3) is 0 Å². The Kier molecular flexibility index (Phi) is 7.14. The molecule has 0 aromatic carbocycles. The van der Waals surface area contributed by atoms with E-state index in [1.165, 1.54) is 0 Å². The first-order chi connectivity index (χ1) is 6.95.